The Morgan fingerprint density at radius 3 is 2.74 bits per heavy atom. The quantitative estimate of drug-likeness (QED) is 0.827. The Hall–Kier alpha value is -0.950. The lowest BCUT2D eigenvalue weighted by Crippen LogP contribution is -2.35. The van der Waals surface area contributed by atoms with Gasteiger partial charge in [0.25, 0.3) is 0 Å². The SMILES string of the molecule is CC(C)(C)NCc1coc(-c2ccc(F)cc2I)n1. The van der Waals surface area contributed by atoms with Crippen molar-refractivity contribution >= 4 is 22.6 Å². The molecule has 0 aliphatic rings. The van der Waals surface area contributed by atoms with E-state index >= 15 is 0 Å². The molecular formula is C14H16FIN2O. The average Bonchev–Trinajstić information content (AvgIpc) is 2.74. The lowest BCUT2D eigenvalue weighted by Gasteiger charge is -2.19. The number of halogens is 2. The van der Waals surface area contributed by atoms with E-state index in [1.54, 1.807) is 12.3 Å². The van der Waals surface area contributed by atoms with Gasteiger partial charge in [-0.15, -0.1) is 0 Å². The second-order valence-corrected chi connectivity index (χ2v) is 6.53. The highest BCUT2D eigenvalue weighted by Crippen LogP contribution is 2.25. The van der Waals surface area contributed by atoms with Crippen LogP contribution in [0, 0.1) is 9.39 Å². The van der Waals surface area contributed by atoms with Crippen LogP contribution in [0.25, 0.3) is 11.5 Å². The van der Waals surface area contributed by atoms with Gasteiger partial charge in [-0.2, -0.15) is 0 Å². The van der Waals surface area contributed by atoms with Crippen molar-refractivity contribution in [2.75, 3.05) is 0 Å². The number of nitrogens with zero attached hydrogens (tertiary/aromatic N) is 1. The molecule has 0 spiro atoms. The molecule has 0 unspecified atom stereocenters. The van der Waals surface area contributed by atoms with Gasteiger partial charge in [0, 0.05) is 15.7 Å². The second kappa shape index (κ2) is 5.58. The standard InChI is InChI=1S/C14H16FIN2O/c1-14(2,3)17-7-10-8-19-13(18-10)11-5-4-9(15)6-12(11)16/h4-6,8,17H,7H2,1-3H3. The van der Waals surface area contributed by atoms with Crippen LogP contribution in [0.4, 0.5) is 4.39 Å². The zero-order chi connectivity index (χ0) is 14.0. The highest BCUT2D eigenvalue weighted by atomic mass is 127. The van der Waals surface area contributed by atoms with Crippen molar-refractivity contribution in [3.8, 4) is 11.5 Å². The molecule has 0 radical (unpaired) electrons. The van der Waals surface area contributed by atoms with Crippen molar-refractivity contribution in [3.05, 3.63) is 39.5 Å². The number of hydrogen-bond acceptors (Lipinski definition) is 3. The highest BCUT2D eigenvalue weighted by Gasteiger charge is 2.13. The van der Waals surface area contributed by atoms with E-state index in [1.165, 1.54) is 12.1 Å². The van der Waals surface area contributed by atoms with Crippen molar-refractivity contribution in [3.63, 3.8) is 0 Å². The van der Waals surface area contributed by atoms with Gasteiger partial charge >= 0.3 is 0 Å². The van der Waals surface area contributed by atoms with Gasteiger partial charge in [-0.3, -0.25) is 0 Å². The Kier molecular flexibility index (Phi) is 4.25. The zero-order valence-corrected chi connectivity index (χ0v) is 13.3. The van der Waals surface area contributed by atoms with E-state index in [-0.39, 0.29) is 11.4 Å². The molecule has 2 rings (SSSR count). The van der Waals surface area contributed by atoms with E-state index in [1.807, 2.05) is 0 Å². The number of hydrogen-bond donors (Lipinski definition) is 1. The van der Waals surface area contributed by atoms with Crippen molar-refractivity contribution in [1.82, 2.24) is 10.3 Å². The highest BCUT2D eigenvalue weighted by molar-refractivity contribution is 14.1. The third-order valence-corrected chi connectivity index (χ3v) is 3.41. The topological polar surface area (TPSA) is 38.1 Å². The average molecular weight is 374 g/mol. The first-order chi connectivity index (χ1) is 8.85. The minimum Gasteiger partial charge on any atom is -0.444 e. The molecule has 1 N–H and O–H groups in total. The summed E-state index contributed by atoms with van der Waals surface area (Å²) in [6.45, 7) is 6.93. The Balaban J connectivity index is 2.16. The fraction of sp³-hybridized carbons (Fsp3) is 0.357. The first kappa shape index (κ1) is 14.5. The van der Waals surface area contributed by atoms with Gasteiger partial charge < -0.3 is 9.73 Å². The summed E-state index contributed by atoms with van der Waals surface area (Å²) in [5, 5.41) is 3.34. The summed E-state index contributed by atoms with van der Waals surface area (Å²) in [5.74, 6) is 0.268. The van der Waals surface area contributed by atoms with Crippen LogP contribution >= 0.6 is 22.6 Å². The molecule has 0 aliphatic carbocycles. The van der Waals surface area contributed by atoms with E-state index < -0.39 is 0 Å². The fourth-order valence-corrected chi connectivity index (χ4v) is 2.24. The molecule has 5 heteroatoms. The third-order valence-electron chi connectivity index (χ3n) is 2.51. The Labute approximate surface area is 125 Å². The summed E-state index contributed by atoms with van der Waals surface area (Å²) in [6, 6.07) is 4.56. The smallest absolute Gasteiger partial charge is 0.227 e. The Morgan fingerprint density at radius 1 is 1.37 bits per heavy atom. The van der Waals surface area contributed by atoms with Gasteiger partial charge in [-0.25, -0.2) is 9.37 Å². The molecule has 19 heavy (non-hydrogen) atoms. The number of nitrogens with one attached hydrogen (secondary N) is 1. The first-order valence-electron chi connectivity index (χ1n) is 6.00. The zero-order valence-electron chi connectivity index (χ0n) is 11.1. The Bertz CT molecular complexity index is 575. The van der Waals surface area contributed by atoms with Crippen molar-refractivity contribution < 1.29 is 8.81 Å². The van der Waals surface area contributed by atoms with Gasteiger partial charge in [-0.1, -0.05) is 0 Å². The summed E-state index contributed by atoms with van der Waals surface area (Å²) < 4.78 is 19.3. The van der Waals surface area contributed by atoms with Crippen LogP contribution in [-0.2, 0) is 6.54 Å². The number of rotatable bonds is 3. The summed E-state index contributed by atoms with van der Waals surface area (Å²) >= 11 is 2.08. The van der Waals surface area contributed by atoms with Crippen LogP contribution in [0.5, 0.6) is 0 Å². The van der Waals surface area contributed by atoms with Gasteiger partial charge in [0.05, 0.1) is 11.3 Å². The van der Waals surface area contributed by atoms with Gasteiger partial charge in [0.2, 0.25) is 5.89 Å². The predicted molar refractivity (Wildman–Crippen MR) is 81.2 cm³/mol. The maximum Gasteiger partial charge on any atom is 0.227 e. The lowest BCUT2D eigenvalue weighted by molar-refractivity contribution is 0.421. The second-order valence-electron chi connectivity index (χ2n) is 5.37. The molecule has 1 aromatic heterocycles. The van der Waals surface area contributed by atoms with Gasteiger partial charge in [-0.05, 0) is 61.6 Å². The van der Waals surface area contributed by atoms with Crippen LogP contribution in [0.1, 0.15) is 26.5 Å². The normalized spacial score (nSPS) is 11.8. The van der Waals surface area contributed by atoms with E-state index in [2.05, 4.69) is 53.7 Å². The Morgan fingerprint density at radius 2 is 2.11 bits per heavy atom. The van der Waals surface area contributed by atoms with Crippen LogP contribution in [0.2, 0.25) is 0 Å². The summed E-state index contributed by atoms with van der Waals surface area (Å²) in [4.78, 5) is 4.42. The maximum atomic E-state index is 13.1. The predicted octanol–water partition coefficient (Wildman–Crippen LogP) is 3.97. The molecule has 0 saturated heterocycles. The maximum absolute atomic E-state index is 13.1. The van der Waals surface area contributed by atoms with Gasteiger partial charge in [0.15, 0.2) is 0 Å². The largest absolute Gasteiger partial charge is 0.444 e. The van der Waals surface area contributed by atoms with E-state index in [9.17, 15) is 4.39 Å². The first-order valence-corrected chi connectivity index (χ1v) is 7.08. The van der Waals surface area contributed by atoms with E-state index in [4.69, 9.17) is 4.42 Å². The molecule has 0 bridgehead atoms. The lowest BCUT2D eigenvalue weighted by atomic mass is 10.1. The van der Waals surface area contributed by atoms with Crippen LogP contribution in [0.15, 0.2) is 28.9 Å². The fourth-order valence-electron chi connectivity index (χ4n) is 1.53. The monoisotopic (exact) mass is 374 g/mol. The number of oxazole rings is 1. The van der Waals surface area contributed by atoms with E-state index in [0.717, 1.165) is 14.8 Å². The number of benzene rings is 1. The molecular weight excluding hydrogens is 358 g/mol. The van der Waals surface area contributed by atoms with Crippen LogP contribution < -0.4 is 5.32 Å². The minimum atomic E-state index is -0.255. The van der Waals surface area contributed by atoms with E-state index in [0.29, 0.717) is 12.4 Å². The molecule has 102 valence electrons. The molecule has 0 fully saturated rings. The van der Waals surface area contributed by atoms with Crippen LogP contribution in [-0.4, -0.2) is 10.5 Å². The molecule has 0 amide bonds. The summed E-state index contributed by atoms with van der Waals surface area (Å²) in [6.07, 6.45) is 1.63. The van der Waals surface area contributed by atoms with Crippen molar-refractivity contribution in [2.45, 2.75) is 32.9 Å². The van der Waals surface area contributed by atoms with Crippen molar-refractivity contribution in [2.24, 2.45) is 0 Å². The van der Waals surface area contributed by atoms with Crippen molar-refractivity contribution in [1.29, 1.82) is 0 Å². The summed E-state index contributed by atoms with van der Waals surface area (Å²) in [7, 11) is 0. The molecule has 0 saturated carbocycles. The minimum absolute atomic E-state index is 0.0312. The van der Waals surface area contributed by atoms with Gasteiger partial charge in [0.1, 0.15) is 12.1 Å². The number of aromatic nitrogens is 1. The third kappa shape index (κ3) is 4.01. The summed E-state index contributed by atoms with van der Waals surface area (Å²) in [5.41, 5.74) is 1.68. The molecule has 2 aromatic rings. The molecule has 1 aromatic carbocycles. The molecule has 1 heterocycles. The molecule has 3 nitrogen and oxygen atoms in total. The molecule has 0 aliphatic heterocycles. The molecule has 0 atom stereocenters. The van der Waals surface area contributed by atoms with Crippen LogP contribution in [0.3, 0.4) is 0 Å².